The van der Waals surface area contributed by atoms with E-state index in [0.717, 1.165) is 22.3 Å². The van der Waals surface area contributed by atoms with Crippen LogP contribution >= 0.6 is 0 Å². The van der Waals surface area contributed by atoms with Gasteiger partial charge in [0.1, 0.15) is 11.6 Å². The zero-order valence-electron chi connectivity index (χ0n) is 20.4. The van der Waals surface area contributed by atoms with Crippen molar-refractivity contribution in [1.29, 1.82) is 0 Å². The number of hydrogen-bond donors (Lipinski definition) is 1. The second kappa shape index (κ2) is 10.4. The predicted octanol–water partition coefficient (Wildman–Crippen LogP) is 7.21. The van der Waals surface area contributed by atoms with Gasteiger partial charge >= 0.3 is 6.09 Å². The van der Waals surface area contributed by atoms with Crippen molar-refractivity contribution in [3.05, 3.63) is 108 Å². The van der Waals surface area contributed by atoms with Crippen molar-refractivity contribution < 1.29 is 14.1 Å². The molecule has 0 saturated carbocycles. The summed E-state index contributed by atoms with van der Waals surface area (Å²) in [4.78, 5) is 17.4. The number of aliphatic imine (C=N–C) groups is 1. The first-order valence-electron chi connectivity index (χ1n) is 11.5. The van der Waals surface area contributed by atoms with Crippen LogP contribution in [-0.4, -0.2) is 23.1 Å². The van der Waals surface area contributed by atoms with Crippen LogP contribution in [0.25, 0.3) is 11.1 Å². The number of amides is 1. The Morgan fingerprint density at radius 3 is 2.11 bits per heavy atom. The van der Waals surface area contributed by atoms with Crippen LogP contribution in [0.15, 0.2) is 94.4 Å². The van der Waals surface area contributed by atoms with Crippen LogP contribution in [0.1, 0.15) is 49.4 Å². The van der Waals surface area contributed by atoms with E-state index in [0.29, 0.717) is 17.1 Å². The van der Waals surface area contributed by atoms with Gasteiger partial charge in [-0.05, 0) is 44.9 Å². The molecule has 35 heavy (non-hydrogen) atoms. The molecule has 0 fully saturated rings. The number of carbonyl (C=O) groups is 1. The highest BCUT2D eigenvalue weighted by molar-refractivity contribution is 5.96. The largest absolute Gasteiger partial charge is 0.444 e. The van der Waals surface area contributed by atoms with Crippen molar-refractivity contribution in [3.8, 4) is 11.1 Å². The Hall–Kier alpha value is -4.19. The fraction of sp³-hybridized carbons (Fsp3) is 0.207. The lowest BCUT2D eigenvalue weighted by atomic mass is 9.99. The van der Waals surface area contributed by atoms with E-state index in [4.69, 9.17) is 14.3 Å². The number of rotatable bonds is 6. The van der Waals surface area contributed by atoms with Crippen molar-refractivity contribution in [3.63, 3.8) is 0 Å². The van der Waals surface area contributed by atoms with E-state index in [2.05, 4.69) is 34.7 Å². The number of ether oxygens (including phenoxy) is 1. The van der Waals surface area contributed by atoms with Gasteiger partial charge in [0.15, 0.2) is 5.76 Å². The van der Waals surface area contributed by atoms with Gasteiger partial charge in [-0.15, -0.1) is 0 Å². The van der Waals surface area contributed by atoms with Crippen LogP contribution in [-0.2, 0) is 4.74 Å². The maximum absolute atomic E-state index is 12.4. The number of aryl methyl sites for hydroxylation is 1. The Bertz CT molecular complexity index is 1270. The molecule has 0 atom stereocenters. The minimum Gasteiger partial charge on any atom is -0.444 e. The molecule has 1 N–H and O–H groups in total. The summed E-state index contributed by atoms with van der Waals surface area (Å²) in [6.45, 7) is 7.35. The molecule has 178 valence electrons. The van der Waals surface area contributed by atoms with Gasteiger partial charge in [-0.1, -0.05) is 84.0 Å². The van der Waals surface area contributed by atoms with Crippen LogP contribution in [0.3, 0.4) is 0 Å². The summed E-state index contributed by atoms with van der Waals surface area (Å²) in [6, 6.07) is 27.5. The van der Waals surface area contributed by atoms with E-state index in [1.54, 1.807) is 6.21 Å². The summed E-state index contributed by atoms with van der Waals surface area (Å²) >= 11 is 0. The van der Waals surface area contributed by atoms with Gasteiger partial charge in [0.2, 0.25) is 0 Å². The van der Waals surface area contributed by atoms with Crippen LogP contribution < -0.4 is 5.32 Å². The van der Waals surface area contributed by atoms with E-state index in [-0.39, 0.29) is 6.04 Å². The van der Waals surface area contributed by atoms with E-state index < -0.39 is 11.7 Å². The smallest absolute Gasteiger partial charge is 0.412 e. The molecule has 0 aliphatic carbocycles. The highest BCUT2D eigenvalue weighted by Gasteiger charge is 2.21. The molecule has 0 spiro atoms. The Balaban J connectivity index is 1.70. The highest BCUT2D eigenvalue weighted by Crippen LogP contribution is 2.34. The Labute approximate surface area is 205 Å². The van der Waals surface area contributed by atoms with E-state index in [1.807, 2.05) is 88.4 Å². The van der Waals surface area contributed by atoms with E-state index >= 15 is 0 Å². The summed E-state index contributed by atoms with van der Waals surface area (Å²) < 4.78 is 11.1. The standard InChI is InChI=1S/C29H29N3O3/c1-20-26(23-17-11-12-18-24(23)31-28(33)34-29(2,3)4)25(35-32-20)19-30-27(21-13-7-5-8-14-21)22-15-9-6-10-16-22/h5-19,27H,1-4H3,(H,31,33)/b30-19+. The van der Waals surface area contributed by atoms with Gasteiger partial charge in [-0.3, -0.25) is 10.3 Å². The molecule has 0 unspecified atom stereocenters. The second-order valence-corrected chi connectivity index (χ2v) is 9.18. The minimum atomic E-state index is -0.603. The van der Waals surface area contributed by atoms with Crippen LogP contribution in [0.5, 0.6) is 0 Å². The normalized spacial score (nSPS) is 11.7. The third-order valence-electron chi connectivity index (χ3n) is 5.29. The molecule has 4 aromatic rings. The second-order valence-electron chi connectivity index (χ2n) is 9.18. The number of nitrogens with zero attached hydrogens (tertiary/aromatic N) is 2. The molecule has 1 aromatic heterocycles. The summed E-state index contributed by atoms with van der Waals surface area (Å²) in [5.74, 6) is 0.512. The van der Waals surface area contributed by atoms with Gasteiger partial charge in [-0.2, -0.15) is 0 Å². The zero-order valence-corrected chi connectivity index (χ0v) is 20.4. The first-order valence-corrected chi connectivity index (χ1v) is 11.5. The molecular formula is C29H29N3O3. The summed E-state index contributed by atoms with van der Waals surface area (Å²) in [6.07, 6.45) is 1.19. The summed E-state index contributed by atoms with van der Waals surface area (Å²) in [5, 5.41) is 7.04. The lowest BCUT2D eigenvalue weighted by Crippen LogP contribution is -2.27. The molecule has 6 nitrogen and oxygen atoms in total. The van der Waals surface area contributed by atoms with Crippen molar-refractivity contribution in [2.75, 3.05) is 5.32 Å². The number of carbonyl (C=O) groups excluding carboxylic acids is 1. The summed E-state index contributed by atoms with van der Waals surface area (Å²) in [5.41, 5.74) is 4.37. The Morgan fingerprint density at radius 1 is 0.943 bits per heavy atom. The molecule has 0 bridgehead atoms. The van der Waals surface area contributed by atoms with Gasteiger partial charge in [0, 0.05) is 5.56 Å². The van der Waals surface area contributed by atoms with Gasteiger partial charge in [0.05, 0.1) is 23.2 Å². The van der Waals surface area contributed by atoms with Crippen LogP contribution in [0.4, 0.5) is 10.5 Å². The van der Waals surface area contributed by atoms with Gasteiger partial charge < -0.3 is 9.26 Å². The van der Waals surface area contributed by atoms with Crippen molar-refractivity contribution >= 4 is 18.0 Å². The Kier molecular flexibility index (Phi) is 7.11. The average Bonchev–Trinajstić information content (AvgIpc) is 3.20. The first-order chi connectivity index (χ1) is 16.8. The first kappa shape index (κ1) is 24.0. The topological polar surface area (TPSA) is 76.7 Å². The van der Waals surface area contributed by atoms with Crippen molar-refractivity contribution in [2.24, 2.45) is 4.99 Å². The molecule has 6 heteroatoms. The lowest BCUT2D eigenvalue weighted by molar-refractivity contribution is 0.0636. The van der Waals surface area contributed by atoms with Gasteiger partial charge in [0.25, 0.3) is 0 Å². The molecule has 0 aliphatic rings. The molecule has 4 rings (SSSR count). The van der Waals surface area contributed by atoms with E-state index in [9.17, 15) is 4.79 Å². The quantitative estimate of drug-likeness (QED) is 0.304. The monoisotopic (exact) mass is 467 g/mol. The van der Waals surface area contributed by atoms with E-state index in [1.165, 1.54) is 0 Å². The molecule has 0 radical (unpaired) electrons. The number of para-hydroxylation sites is 1. The minimum absolute atomic E-state index is 0.203. The fourth-order valence-corrected chi connectivity index (χ4v) is 3.80. The Morgan fingerprint density at radius 2 is 1.51 bits per heavy atom. The molecule has 1 heterocycles. The maximum Gasteiger partial charge on any atom is 0.412 e. The zero-order chi connectivity index (χ0) is 24.8. The van der Waals surface area contributed by atoms with Crippen LogP contribution in [0, 0.1) is 6.92 Å². The molecule has 3 aromatic carbocycles. The van der Waals surface area contributed by atoms with Crippen molar-refractivity contribution in [2.45, 2.75) is 39.3 Å². The number of nitrogens with one attached hydrogen (secondary N) is 1. The number of anilines is 1. The SMILES string of the molecule is Cc1noc(/C=N/C(c2ccccc2)c2ccccc2)c1-c1ccccc1NC(=O)OC(C)(C)C. The van der Waals surface area contributed by atoms with Crippen LogP contribution in [0.2, 0.25) is 0 Å². The van der Waals surface area contributed by atoms with Gasteiger partial charge in [-0.25, -0.2) is 4.79 Å². The predicted molar refractivity (Wildman–Crippen MR) is 139 cm³/mol. The molecule has 1 amide bonds. The summed E-state index contributed by atoms with van der Waals surface area (Å²) in [7, 11) is 0. The maximum atomic E-state index is 12.4. The fourth-order valence-electron chi connectivity index (χ4n) is 3.80. The third-order valence-corrected chi connectivity index (χ3v) is 5.29. The third kappa shape index (κ3) is 6.03. The molecule has 0 saturated heterocycles. The number of benzene rings is 3. The number of hydrogen-bond acceptors (Lipinski definition) is 5. The molecule has 0 aliphatic heterocycles. The number of aromatic nitrogens is 1. The lowest BCUT2D eigenvalue weighted by Gasteiger charge is -2.20. The average molecular weight is 468 g/mol. The highest BCUT2D eigenvalue weighted by atomic mass is 16.6. The van der Waals surface area contributed by atoms with Crippen molar-refractivity contribution in [1.82, 2.24) is 5.16 Å². The molecular weight excluding hydrogens is 438 g/mol.